The number of rotatable bonds is 4. The van der Waals surface area contributed by atoms with Crippen molar-refractivity contribution in [2.24, 2.45) is 5.41 Å². The van der Waals surface area contributed by atoms with E-state index in [1.165, 1.54) is 12.0 Å². The van der Waals surface area contributed by atoms with Crippen molar-refractivity contribution in [1.29, 1.82) is 0 Å². The Bertz CT molecular complexity index is 279. The molecule has 0 radical (unpaired) electrons. The number of aryl methyl sites for hydroxylation is 1. The first-order valence-electron chi connectivity index (χ1n) is 5.67. The van der Waals surface area contributed by atoms with Gasteiger partial charge in [-0.1, -0.05) is 38.5 Å². The molecule has 0 fully saturated rings. The fraction of sp³-hybridized carbons (Fsp3) is 0.571. The highest BCUT2D eigenvalue weighted by Gasteiger charge is 2.08. The first kappa shape index (κ1) is 12.1. The molecule has 1 nitrogen and oxygen atoms in total. The quantitative estimate of drug-likeness (QED) is 0.671. The summed E-state index contributed by atoms with van der Waals surface area (Å²) < 4.78 is 5.66. The van der Waals surface area contributed by atoms with Crippen molar-refractivity contribution in [3.8, 4) is 5.75 Å². The molecule has 15 heavy (non-hydrogen) atoms. The third-order valence-corrected chi connectivity index (χ3v) is 2.36. The molecule has 1 aromatic rings. The van der Waals surface area contributed by atoms with Gasteiger partial charge in [-0.25, -0.2) is 0 Å². The molecule has 0 spiro atoms. The van der Waals surface area contributed by atoms with E-state index in [0.717, 1.165) is 18.8 Å². The highest BCUT2D eigenvalue weighted by Crippen LogP contribution is 2.20. The van der Waals surface area contributed by atoms with E-state index in [1.807, 2.05) is 12.1 Å². The Hall–Kier alpha value is -0.980. The van der Waals surface area contributed by atoms with Gasteiger partial charge in [0.15, 0.2) is 0 Å². The molecule has 0 amide bonds. The average Bonchev–Trinajstić information content (AvgIpc) is 2.14. The third-order valence-electron chi connectivity index (χ3n) is 2.36. The molecular weight excluding hydrogens is 184 g/mol. The predicted octanol–water partition coefficient (Wildman–Crippen LogP) is 4.20. The van der Waals surface area contributed by atoms with Crippen LogP contribution in [0.15, 0.2) is 24.3 Å². The SMILES string of the molecule is Cc1ccc(OCCCC(C)(C)C)cc1. The topological polar surface area (TPSA) is 9.23 Å². The molecule has 0 atom stereocenters. The Morgan fingerprint density at radius 2 is 1.67 bits per heavy atom. The lowest BCUT2D eigenvalue weighted by Gasteiger charge is -2.17. The summed E-state index contributed by atoms with van der Waals surface area (Å²) in [7, 11) is 0. The van der Waals surface area contributed by atoms with Gasteiger partial charge in [0.2, 0.25) is 0 Å². The molecule has 0 heterocycles. The summed E-state index contributed by atoms with van der Waals surface area (Å²) in [4.78, 5) is 0. The summed E-state index contributed by atoms with van der Waals surface area (Å²) in [5, 5.41) is 0. The average molecular weight is 206 g/mol. The van der Waals surface area contributed by atoms with Crippen molar-refractivity contribution in [1.82, 2.24) is 0 Å². The molecule has 0 unspecified atom stereocenters. The van der Waals surface area contributed by atoms with Gasteiger partial charge in [-0.3, -0.25) is 0 Å². The van der Waals surface area contributed by atoms with Gasteiger partial charge < -0.3 is 4.74 Å². The maximum absolute atomic E-state index is 5.66. The molecule has 0 aromatic heterocycles. The molecule has 0 aliphatic rings. The maximum Gasteiger partial charge on any atom is 0.119 e. The highest BCUT2D eigenvalue weighted by molar-refractivity contribution is 5.26. The van der Waals surface area contributed by atoms with E-state index in [2.05, 4.69) is 39.8 Å². The van der Waals surface area contributed by atoms with Crippen LogP contribution in [0.4, 0.5) is 0 Å². The van der Waals surface area contributed by atoms with Crippen molar-refractivity contribution < 1.29 is 4.74 Å². The van der Waals surface area contributed by atoms with Gasteiger partial charge in [0.05, 0.1) is 6.61 Å². The first-order chi connectivity index (χ1) is 6.97. The van der Waals surface area contributed by atoms with Crippen molar-refractivity contribution in [3.63, 3.8) is 0 Å². The van der Waals surface area contributed by atoms with Crippen LogP contribution in [-0.4, -0.2) is 6.61 Å². The molecule has 0 aliphatic carbocycles. The first-order valence-corrected chi connectivity index (χ1v) is 5.67. The van der Waals surface area contributed by atoms with Gasteiger partial charge >= 0.3 is 0 Å². The van der Waals surface area contributed by atoms with Crippen LogP contribution >= 0.6 is 0 Å². The Morgan fingerprint density at radius 3 is 2.20 bits per heavy atom. The van der Waals surface area contributed by atoms with E-state index in [0.29, 0.717) is 5.41 Å². The standard InChI is InChI=1S/C14H22O/c1-12-6-8-13(9-7-12)15-11-5-10-14(2,3)4/h6-9H,5,10-11H2,1-4H3. The Kier molecular flexibility index (Phi) is 4.19. The second-order valence-corrected chi connectivity index (χ2v) is 5.33. The molecule has 0 saturated heterocycles. The van der Waals surface area contributed by atoms with E-state index < -0.39 is 0 Å². The Morgan fingerprint density at radius 1 is 1.07 bits per heavy atom. The summed E-state index contributed by atoms with van der Waals surface area (Å²) in [5.74, 6) is 0.981. The van der Waals surface area contributed by atoms with Crippen LogP contribution in [0.3, 0.4) is 0 Å². The molecule has 0 saturated carbocycles. The van der Waals surface area contributed by atoms with Gasteiger partial charge in [0.1, 0.15) is 5.75 Å². The maximum atomic E-state index is 5.66. The zero-order valence-corrected chi connectivity index (χ0v) is 10.3. The monoisotopic (exact) mass is 206 g/mol. The van der Waals surface area contributed by atoms with Crippen LogP contribution in [0.2, 0.25) is 0 Å². The van der Waals surface area contributed by atoms with E-state index >= 15 is 0 Å². The summed E-state index contributed by atoms with van der Waals surface area (Å²) in [6.07, 6.45) is 2.33. The van der Waals surface area contributed by atoms with Crippen LogP contribution in [-0.2, 0) is 0 Å². The number of benzene rings is 1. The minimum atomic E-state index is 0.413. The van der Waals surface area contributed by atoms with E-state index in [4.69, 9.17) is 4.74 Å². The van der Waals surface area contributed by atoms with Gasteiger partial charge in [0, 0.05) is 0 Å². The van der Waals surface area contributed by atoms with Crippen LogP contribution in [0.25, 0.3) is 0 Å². The fourth-order valence-electron chi connectivity index (χ4n) is 1.43. The molecule has 1 rings (SSSR count). The fourth-order valence-corrected chi connectivity index (χ4v) is 1.43. The molecule has 1 aromatic carbocycles. The molecule has 0 N–H and O–H groups in total. The van der Waals surface area contributed by atoms with Crippen LogP contribution in [0, 0.1) is 12.3 Å². The molecule has 0 aliphatic heterocycles. The molecular formula is C14H22O. The third kappa shape index (κ3) is 5.46. The highest BCUT2D eigenvalue weighted by atomic mass is 16.5. The summed E-state index contributed by atoms with van der Waals surface area (Å²) in [6, 6.07) is 8.23. The minimum Gasteiger partial charge on any atom is -0.494 e. The van der Waals surface area contributed by atoms with Gasteiger partial charge in [-0.15, -0.1) is 0 Å². The Balaban J connectivity index is 2.23. The second kappa shape index (κ2) is 5.20. The number of hydrogen-bond donors (Lipinski definition) is 0. The van der Waals surface area contributed by atoms with E-state index in [1.54, 1.807) is 0 Å². The van der Waals surface area contributed by atoms with E-state index in [9.17, 15) is 0 Å². The largest absolute Gasteiger partial charge is 0.494 e. The normalized spacial score (nSPS) is 11.5. The Labute approximate surface area is 93.5 Å². The molecule has 0 bridgehead atoms. The predicted molar refractivity (Wildman–Crippen MR) is 65.4 cm³/mol. The summed E-state index contributed by atoms with van der Waals surface area (Å²) in [6.45, 7) is 9.69. The lowest BCUT2D eigenvalue weighted by Crippen LogP contribution is -2.07. The van der Waals surface area contributed by atoms with Gasteiger partial charge in [0.25, 0.3) is 0 Å². The van der Waals surface area contributed by atoms with Crippen molar-refractivity contribution in [2.45, 2.75) is 40.5 Å². The van der Waals surface area contributed by atoms with Crippen LogP contribution in [0.5, 0.6) is 5.75 Å². The lowest BCUT2D eigenvalue weighted by atomic mass is 9.91. The van der Waals surface area contributed by atoms with Gasteiger partial charge in [-0.05, 0) is 37.3 Å². The van der Waals surface area contributed by atoms with Crippen molar-refractivity contribution >= 4 is 0 Å². The lowest BCUT2D eigenvalue weighted by molar-refractivity contribution is 0.269. The molecule has 84 valence electrons. The van der Waals surface area contributed by atoms with Crippen LogP contribution < -0.4 is 4.74 Å². The summed E-state index contributed by atoms with van der Waals surface area (Å²) in [5.41, 5.74) is 1.69. The number of ether oxygens (including phenoxy) is 1. The zero-order chi connectivity index (χ0) is 11.3. The van der Waals surface area contributed by atoms with Crippen molar-refractivity contribution in [3.05, 3.63) is 29.8 Å². The van der Waals surface area contributed by atoms with Crippen molar-refractivity contribution in [2.75, 3.05) is 6.61 Å². The van der Waals surface area contributed by atoms with E-state index in [-0.39, 0.29) is 0 Å². The molecule has 1 heteroatoms. The number of hydrogen-bond acceptors (Lipinski definition) is 1. The minimum absolute atomic E-state index is 0.413. The van der Waals surface area contributed by atoms with Gasteiger partial charge in [-0.2, -0.15) is 0 Å². The second-order valence-electron chi connectivity index (χ2n) is 5.33. The van der Waals surface area contributed by atoms with Crippen LogP contribution in [0.1, 0.15) is 39.2 Å². The zero-order valence-electron chi connectivity index (χ0n) is 10.3. The smallest absolute Gasteiger partial charge is 0.119 e. The summed E-state index contributed by atoms with van der Waals surface area (Å²) >= 11 is 0.